The lowest BCUT2D eigenvalue weighted by atomic mass is 10.1. The van der Waals surface area contributed by atoms with E-state index in [-0.39, 0.29) is 0 Å². The molecule has 0 radical (unpaired) electrons. The molecule has 1 N–H and O–H groups in total. The molecule has 1 heterocycles. The Hall–Kier alpha value is -1.58. The second-order valence-corrected chi connectivity index (χ2v) is 4.65. The summed E-state index contributed by atoms with van der Waals surface area (Å²) in [7, 11) is 1.91. The molecule has 0 saturated carbocycles. The number of benzene rings is 1. The van der Waals surface area contributed by atoms with Crippen molar-refractivity contribution in [3.05, 3.63) is 52.7 Å². The Balaban J connectivity index is 2.12. The molecule has 0 fully saturated rings. The van der Waals surface area contributed by atoms with Gasteiger partial charge < -0.3 is 10.1 Å². The fraction of sp³-hybridized carbons (Fsp3) is 0.267. The summed E-state index contributed by atoms with van der Waals surface area (Å²) in [4.78, 5) is 4.28. The molecular formula is C15H17ClN2O. The smallest absolute Gasteiger partial charge is 0.219 e. The van der Waals surface area contributed by atoms with Crippen molar-refractivity contribution in [2.24, 2.45) is 0 Å². The van der Waals surface area contributed by atoms with Crippen LogP contribution in [0.3, 0.4) is 0 Å². The molecule has 2 rings (SSSR count). The summed E-state index contributed by atoms with van der Waals surface area (Å²) in [6.07, 6.45) is 2.69. The van der Waals surface area contributed by atoms with Crippen molar-refractivity contribution in [2.45, 2.75) is 19.9 Å². The molecule has 0 atom stereocenters. The van der Waals surface area contributed by atoms with Gasteiger partial charge in [-0.2, -0.15) is 0 Å². The lowest BCUT2D eigenvalue weighted by molar-refractivity contribution is 0.462. The number of nitrogens with one attached hydrogen (secondary N) is 1. The predicted molar refractivity (Wildman–Crippen MR) is 77.9 cm³/mol. The van der Waals surface area contributed by atoms with E-state index in [1.807, 2.05) is 43.6 Å². The fourth-order valence-corrected chi connectivity index (χ4v) is 2.04. The van der Waals surface area contributed by atoms with Crippen molar-refractivity contribution in [3.63, 3.8) is 0 Å². The Morgan fingerprint density at radius 1 is 1.26 bits per heavy atom. The van der Waals surface area contributed by atoms with E-state index < -0.39 is 0 Å². The third kappa shape index (κ3) is 3.69. The second kappa shape index (κ2) is 6.55. The first kappa shape index (κ1) is 13.8. The quantitative estimate of drug-likeness (QED) is 0.902. The van der Waals surface area contributed by atoms with Crippen LogP contribution in [0.15, 0.2) is 36.5 Å². The minimum Gasteiger partial charge on any atom is -0.439 e. The van der Waals surface area contributed by atoms with E-state index in [0.717, 1.165) is 34.9 Å². The van der Waals surface area contributed by atoms with Crippen molar-refractivity contribution in [3.8, 4) is 11.6 Å². The minimum atomic E-state index is 0.587. The first-order valence-electron chi connectivity index (χ1n) is 6.28. The van der Waals surface area contributed by atoms with E-state index in [1.165, 1.54) is 0 Å². The van der Waals surface area contributed by atoms with Crippen LogP contribution < -0.4 is 10.1 Å². The maximum absolute atomic E-state index is 6.08. The van der Waals surface area contributed by atoms with Crippen LogP contribution in [0.4, 0.5) is 0 Å². The number of hydrogen-bond acceptors (Lipinski definition) is 3. The van der Waals surface area contributed by atoms with Gasteiger partial charge in [0.25, 0.3) is 0 Å². The normalized spacial score (nSPS) is 10.5. The number of aryl methyl sites for hydroxylation is 1. The van der Waals surface area contributed by atoms with Gasteiger partial charge in [0, 0.05) is 23.8 Å². The molecule has 0 unspecified atom stereocenters. The monoisotopic (exact) mass is 276 g/mol. The second-order valence-electron chi connectivity index (χ2n) is 4.24. The summed E-state index contributed by atoms with van der Waals surface area (Å²) in [5.41, 5.74) is 2.20. The molecule has 0 aliphatic carbocycles. The van der Waals surface area contributed by atoms with Gasteiger partial charge in [0.2, 0.25) is 5.88 Å². The third-order valence-electron chi connectivity index (χ3n) is 2.80. The van der Waals surface area contributed by atoms with Gasteiger partial charge in [-0.15, -0.1) is 0 Å². The summed E-state index contributed by atoms with van der Waals surface area (Å²) in [6.45, 7) is 2.87. The number of halogens is 1. The summed E-state index contributed by atoms with van der Waals surface area (Å²) in [5.74, 6) is 1.35. The lowest BCUT2D eigenvalue weighted by Gasteiger charge is -2.08. The summed E-state index contributed by atoms with van der Waals surface area (Å²) < 4.78 is 5.72. The summed E-state index contributed by atoms with van der Waals surface area (Å²) in [5, 5.41) is 3.85. The lowest BCUT2D eigenvalue weighted by Crippen LogP contribution is -2.05. The molecule has 0 amide bonds. The summed E-state index contributed by atoms with van der Waals surface area (Å²) in [6, 6.07) is 9.52. The van der Waals surface area contributed by atoms with E-state index in [0.29, 0.717) is 5.88 Å². The number of nitrogens with zero attached hydrogens (tertiary/aromatic N) is 1. The SMILES string of the molecule is CCc1cc(Oc2ccc(CNC)cn2)ccc1Cl. The Bertz CT molecular complexity index is 540. The maximum atomic E-state index is 6.08. The van der Waals surface area contributed by atoms with E-state index in [9.17, 15) is 0 Å². The molecule has 0 spiro atoms. The van der Waals surface area contributed by atoms with Gasteiger partial charge in [-0.3, -0.25) is 0 Å². The van der Waals surface area contributed by atoms with E-state index in [4.69, 9.17) is 16.3 Å². The van der Waals surface area contributed by atoms with E-state index in [2.05, 4.69) is 17.2 Å². The number of ether oxygens (including phenoxy) is 1. The standard InChI is InChI=1S/C15H17ClN2O/c1-3-12-8-13(5-6-14(12)16)19-15-7-4-11(9-17-2)10-18-15/h4-8,10,17H,3,9H2,1-2H3. The molecule has 2 aromatic rings. The van der Waals surface area contributed by atoms with Crippen LogP contribution in [0.1, 0.15) is 18.1 Å². The van der Waals surface area contributed by atoms with Crippen molar-refractivity contribution in [1.82, 2.24) is 10.3 Å². The molecule has 4 heteroatoms. The van der Waals surface area contributed by atoms with Gasteiger partial charge in [0.05, 0.1) is 0 Å². The van der Waals surface area contributed by atoms with Gasteiger partial charge in [-0.25, -0.2) is 4.98 Å². The number of pyridine rings is 1. The van der Waals surface area contributed by atoms with Crippen molar-refractivity contribution < 1.29 is 4.74 Å². The Kier molecular flexibility index (Phi) is 4.77. The van der Waals surface area contributed by atoms with Gasteiger partial charge in [0.1, 0.15) is 5.75 Å². The summed E-state index contributed by atoms with van der Waals surface area (Å²) >= 11 is 6.08. The number of aromatic nitrogens is 1. The van der Waals surface area contributed by atoms with Gasteiger partial charge >= 0.3 is 0 Å². The van der Waals surface area contributed by atoms with E-state index >= 15 is 0 Å². The first-order valence-corrected chi connectivity index (χ1v) is 6.66. The minimum absolute atomic E-state index is 0.587. The Morgan fingerprint density at radius 2 is 2.11 bits per heavy atom. The molecule has 0 bridgehead atoms. The van der Waals surface area contributed by atoms with Crippen molar-refractivity contribution >= 4 is 11.6 Å². The molecule has 19 heavy (non-hydrogen) atoms. The van der Waals surface area contributed by atoms with Crippen molar-refractivity contribution in [1.29, 1.82) is 0 Å². The zero-order valence-electron chi connectivity index (χ0n) is 11.1. The average molecular weight is 277 g/mol. The highest BCUT2D eigenvalue weighted by atomic mass is 35.5. The highest BCUT2D eigenvalue weighted by Crippen LogP contribution is 2.25. The molecular weight excluding hydrogens is 260 g/mol. The largest absolute Gasteiger partial charge is 0.439 e. The zero-order chi connectivity index (χ0) is 13.7. The highest BCUT2D eigenvalue weighted by Gasteiger charge is 2.03. The zero-order valence-corrected chi connectivity index (χ0v) is 11.9. The third-order valence-corrected chi connectivity index (χ3v) is 3.17. The molecule has 0 saturated heterocycles. The number of rotatable bonds is 5. The predicted octanol–water partition coefficient (Wildman–Crippen LogP) is 3.81. The van der Waals surface area contributed by atoms with Crippen LogP contribution in [0, 0.1) is 0 Å². The molecule has 0 aliphatic heterocycles. The molecule has 1 aromatic carbocycles. The van der Waals surface area contributed by atoms with Crippen LogP contribution in [0.5, 0.6) is 11.6 Å². The number of hydrogen-bond donors (Lipinski definition) is 1. The Morgan fingerprint density at radius 3 is 2.74 bits per heavy atom. The topological polar surface area (TPSA) is 34.1 Å². The van der Waals surface area contributed by atoms with Gasteiger partial charge in [-0.05, 0) is 42.8 Å². The first-order chi connectivity index (χ1) is 9.22. The molecule has 1 aromatic heterocycles. The molecule has 0 aliphatic rings. The van der Waals surface area contributed by atoms with E-state index in [1.54, 1.807) is 0 Å². The fourth-order valence-electron chi connectivity index (χ4n) is 1.79. The van der Waals surface area contributed by atoms with Crippen LogP contribution >= 0.6 is 11.6 Å². The van der Waals surface area contributed by atoms with Crippen LogP contribution in [0.2, 0.25) is 5.02 Å². The van der Waals surface area contributed by atoms with Crippen LogP contribution in [0.25, 0.3) is 0 Å². The van der Waals surface area contributed by atoms with Gasteiger partial charge in [0.15, 0.2) is 0 Å². The maximum Gasteiger partial charge on any atom is 0.219 e. The van der Waals surface area contributed by atoms with Crippen LogP contribution in [-0.2, 0) is 13.0 Å². The van der Waals surface area contributed by atoms with Crippen LogP contribution in [-0.4, -0.2) is 12.0 Å². The van der Waals surface area contributed by atoms with Gasteiger partial charge in [-0.1, -0.05) is 24.6 Å². The Labute approximate surface area is 118 Å². The molecule has 100 valence electrons. The average Bonchev–Trinajstić information content (AvgIpc) is 2.43. The molecule has 3 nitrogen and oxygen atoms in total. The highest BCUT2D eigenvalue weighted by molar-refractivity contribution is 6.31. The van der Waals surface area contributed by atoms with Crippen molar-refractivity contribution in [2.75, 3.05) is 7.05 Å².